The second-order valence-electron chi connectivity index (χ2n) is 5.86. The zero-order valence-corrected chi connectivity index (χ0v) is 14.8. The minimum absolute atomic E-state index is 0.310. The van der Waals surface area contributed by atoms with Crippen molar-refractivity contribution in [3.8, 4) is 0 Å². The first-order valence-electron chi connectivity index (χ1n) is 6.63. The van der Waals surface area contributed by atoms with Gasteiger partial charge in [0.15, 0.2) is 0 Å². The van der Waals surface area contributed by atoms with Crippen LogP contribution in [0.4, 0.5) is 13.2 Å². The van der Waals surface area contributed by atoms with E-state index in [0.29, 0.717) is 18.1 Å². The van der Waals surface area contributed by atoms with Crippen LogP contribution in [-0.4, -0.2) is 32.2 Å². The maximum absolute atomic E-state index is 12.3. The van der Waals surface area contributed by atoms with Gasteiger partial charge < -0.3 is 0 Å². The molecule has 0 aromatic rings. The third-order valence-corrected chi connectivity index (χ3v) is 6.85. The number of hydrogen-bond acceptors (Lipinski definition) is 3. The van der Waals surface area contributed by atoms with E-state index in [1.165, 1.54) is 18.1 Å². The van der Waals surface area contributed by atoms with E-state index in [-0.39, 0.29) is 0 Å². The monoisotopic (exact) mass is 350 g/mol. The van der Waals surface area contributed by atoms with Crippen molar-refractivity contribution < 1.29 is 25.2 Å². The molecule has 0 heterocycles. The van der Waals surface area contributed by atoms with E-state index in [1.807, 2.05) is 20.8 Å². The van der Waals surface area contributed by atoms with E-state index in [4.69, 9.17) is 0 Å². The first-order chi connectivity index (χ1) is 9.27. The molecule has 1 atom stereocenters. The summed E-state index contributed by atoms with van der Waals surface area (Å²) in [6, 6.07) is 0. The number of hydrogen-bond donors (Lipinski definition) is 0. The van der Waals surface area contributed by atoms with Crippen LogP contribution in [0.2, 0.25) is 0 Å². The van der Waals surface area contributed by atoms with Gasteiger partial charge >= 0.3 is 15.6 Å². The van der Waals surface area contributed by atoms with Gasteiger partial charge in [-0.15, -0.1) is 10.3 Å². The predicted molar refractivity (Wildman–Crippen MR) is 82.8 cm³/mol. The highest BCUT2D eigenvalue weighted by Crippen LogP contribution is 2.47. The molecule has 0 aliphatic rings. The largest absolute Gasteiger partial charge is 0.523 e. The van der Waals surface area contributed by atoms with Gasteiger partial charge in [0.05, 0.1) is 0 Å². The Hall–Kier alpha value is -0.210. The van der Waals surface area contributed by atoms with Crippen LogP contribution in [0.15, 0.2) is 11.6 Å². The molecule has 0 spiro atoms. The van der Waals surface area contributed by atoms with Gasteiger partial charge in [-0.3, -0.25) is 0 Å². The molecule has 0 aromatic heterocycles. The molecule has 0 radical (unpaired) electrons. The molecule has 0 N–H and O–H groups in total. The van der Waals surface area contributed by atoms with Crippen molar-refractivity contribution in [2.24, 2.45) is 5.92 Å². The van der Waals surface area contributed by atoms with Crippen molar-refractivity contribution >= 4 is 20.4 Å². The van der Waals surface area contributed by atoms with E-state index < -0.39 is 25.9 Å². The fourth-order valence-electron chi connectivity index (χ4n) is 1.60. The van der Waals surface area contributed by atoms with Crippen molar-refractivity contribution in [1.29, 1.82) is 0 Å². The smallest absolute Gasteiger partial charge is 0.214 e. The van der Waals surface area contributed by atoms with Gasteiger partial charge in [-0.25, -0.2) is 3.63 Å². The van der Waals surface area contributed by atoms with Crippen molar-refractivity contribution in [2.45, 2.75) is 45.5 Å². The fraction of sp³-hybridized carbons (Fsp3) is 0.846. The Labute approximate surface area is 127 Å². The van der Waals surface area contributed by atoms with Gasteiger partial charge in [-0.2, -0.15) is 21.6 Å². The molecular formula is C13H25F3O3S2. The first kappa shape index (κ1) is 20.8. The van der Waals surface area contributed by atoms with Crippen LogP contribution in [0.25, 0.3) is 0 Å². The molecule has 0 amide bonds. The molecular weight excluding hydrogens is 325 g/mol. The summed E-state index contributed by atoms with van der Waals surface area (Å²) < 4.78 is 63.3. The predicted octanol–water partition coefficient (Wildman–Crippen LogP) is 4.60. The first-order valence-corrected chi connectivity index (χ1v) is 10.6. The summed E-state index contributed by atoms with van der Waals surface area (Å²) in [6.07, 6.45) is 7.48. The standard InChI is InChI=1S/C13H25F3O3S2/c1-11(2)7-6-8-12(3)9-10-20(4,5)19-21(17,18)13(14,15)16/h7,12H,6,8-10H2,1-5H3. The van der Waals surface area contributed by atoms with Gasteiger partial charge in [-0.1, -0.05) is 18.6 Å². The summed E-state index contributed by atoms with van der Waals surface area (Å²) in [5.41, 5.74) is -4.13. The Morgan fingerprint density at radius 3 is 2.14 bits per heavy atom. The molecule has 0 rings (SSSR count). The average Bonchev–Trinajstić information content (AvgIpc) is 2.23. The average molecular weight is 350 g/mol. The molecule has 0 saturated carbocycles. The number of alkyl halides is 3. The number of rotatable bonds is 8. The molecule has 0 aliphatic carbocycles. The molecule has 0 fully saturated rings. The highest BCUT2D eigenvalue weighted by Gasteiger charge is 2.49. The van der Waals surface area contributed by atoms with E-state index in [1.54, 1.807) is 0 Å². The lowest BCUT2D eigenvalue weighted by molar-refractivity contribution is -0.0495. The summed E-state index contributed by atoms with van der Waals surface area (Å²) >= 11 is 0. The summed E-state index contributed by atoms with van der Waals surface area (Å²) in [5, 5.41) is 0. The van der Waals surface area contributed by atoms with Crippen LogP contribution in [0.1, 0.15) is 40.0 Å². The van der Waals surface area contributed by atoms with E-state index in [0.717, 1.165) is 12.8 Å². The SMILES string of the molecule is CC(C)=CCCC(C)CCS(C)(C)OS(=O)(=O)C(F)(F)F. The van der Waals surface area contributed by atoms with E-state index in [9.17, 15) is 21.6 Å². The maximum atomic E-state index is 12.3. The molecule has 21 heavy (non-hydrogen) atoms. The molecule has 0 saturated heterocycles. The van der Waals surface area contributed by atoms with Crippen LogP contribution in [0, 0.1) is 5.92 Å². The summed E-state index contributed by atoms with van der Waals surface area (Å²) in [7, 11) is -7.79. The Bertz CT molecular complexity index is 450. The van der Waals surface area contributed by atoms with Crippen LogP contribution in [-0.2, 0) is 13.7 Å². The van der Waals surface area contributed by atoms with Crippen LogP contribution in [0.5, 0.6) is 0 Å². The van der Waals surface area contributed by atoms with Gasteiger partial charge in [0, 0.05) is 5.75 Å². The van der Waals surface area contributed by atoms with Crippen molar-refractivity contribution in [3.05, 3.63) is 11.6 Å². The van der Waals surface area contributed by atoms with Gasteiger partial charge in [0.1, 0.15) is 0 Å². The third kappa shape index (κ3) is 8.73. The van der Waals surface area contributed by atoms with Crippen LogP contribution >= 0.6 is 10.3 Å². The van der Waals surface area contributed by atoms with Crippen molar-refractivity contribution in [2.75, 3.05) is 18.3 Å². The molecule has 1 unspecified atom stereocenters. The van der Waals surface area contributed by atoms with E-state index in [2.05, 4.69) is 9.71 Å². The zero-order valence-electron chi connectivity index (χ0n) is 13.2. The summed E-state index contributed by atoms with van der Waals surface area (Å²) in [4.78, 5) is 0. The quantitative estimate of drug-likeness (QED) is 0.474. The van der Waals surface area contributed by atoms with Crippen molar-refractivity contribution in [3.63, 3.8) is 0 Å². The Morgan fingerprint density at radius 1 is 1.19 bits per heavy atom. The Balaban J connectivity index is 4.40. The molecule has 0 aromatic carbocycles. The van der Waals surface area contributed by atoms with Crippen LogP contribution < -0.4 is 0 Å². The Kier molecular flexibility index (Phi) is 7.79. The second-order valence-corrected chi connectivity index (χ2v) is 11.1. The maximum Gasteiger partial charge on any atom is 0.523 e. The highest BCUT2D eigenvalue weighted by atomic mass is 32.3. The summed E-state index contributed by atoms with van der Waals surface area (Å²) in [6.45, 7) is 6.02. The normalized spacial score (nSPS) is 15.6. The number of allylic oxidation sites excluding steroid dienone is 2. The minimum Gasteiger partial charge on any atom is -0.214 e. The van der Waals surface area contributed by atoms with Gasteiger partial charge in [-0.05, 0) is 51.5 Å². The highest BCUT2D eigenvalue weighted by molar-refractivity contribution is 8.32. The lowest BCUT2D eigenvalue weighted by atomic mass is 10.0. The fourth-order valence-corrected chi connectivity index (χ4v) is 5.09. The third-order valence-electron chi connectivity index (χ3n) is 2.87. The molecule has 0 aliphatic heterocycles. The topological polar surface area (TPSA) is 43.4 Å². The minimum atomic E-state index is -5.50. The molecule has 128 valence electrons. The summed E-state index contributed by atoms with van der Waals surface area (Å²) in [5.74, 6) is 0.641. The lowest BCUT2D eigenvalue weighted by Crippen LogP contribution is -2.27. The number of halogens is 3. The lowest BCUT2D eigenvalue weighted by Gasteiger charge is -2.31. The van der Waals surface area contributed by atoms with Crippen molar-refractivity contribution in [1.82, 2.24) is 0 Å². The van der Waals surface area contributed by atoms with Crippen LogP contribution in [0.3, 0.4) is 0 Å². The molecule has 0 bridgehead atoms. The molecule has 3 nitrogen and oxygen atoms in total. The zero-order chi connectivity index (χ0) is 16.9. The van der Waals surface area contributed by atoms with Gasteiger partial charge in [0.25, 0.3) is 0 Å². The van der Waals surface area contributed by atoms with Gasteiger partial charge in [0.2, 0.25) is 0 Å². The second kappa shape index (κ2) is 7.87. The Morgan fingerprint density at radius 2 is 1.71 bits per heavy atom. The molecule has 8 heteroatoms. The van der Waals surface area contributed by atoms with E-state index >= 15 is 0 Å².